The normalized spacial score (nSPS) is 14.4. The maximum Gasteiger partial charge on any atom is 0.573 e. The van der Waals surface area contributed by atoms with Crippen molar-refractivity contribution in [2.45, 2.75) is 52.3 Å². The quantitative estimate of drug-likeness (QED) is 0.218. The zero-order chi connectivity index (χ0) is 31.7. The summed E-state index contributed by atoms with van der Waals surface area (Å²) in [6, 6.07) is 14.5. The van der Waals surface area contributed by atoms with Crippen molar-refractivity contribution in [3.8, 4) is 5.75 Å². The van der Waals surface area contributed by atoms with Crippen LogP contribution >= 0.6 is 0 Å². The number of hydrogen-bond donors (Lipinski definition) is 3. The first-order valence-corrected chi connectivity index (χ1v) is 14.8. The van der Waals surface area contributed by atoms with Crippen molar-refractivity contribution < 1.29 is 27.5 Å². The van der Waals surface area contributed by atoms with Crippen molar-refractivity contribution in [2.24, 2.45) is 11.8 Å². The van der Waals surface area contributed by atoms with Crippen molar-refractivity contribution in [1.82, 2.24) is 20.6 Å². The van der Waals surface area contributed by atoms with Gasteiger partial charge < -0.3 is 25.6 Å². The van der Waals surface area contributed by atoms with E-state index in [0.29, 0.717) is 30.3 Å². The van der Waals surface area contributed by atoms with E-state index in [2.05, 4.69) is 30.7 Å². The molecule has 3 aromatic rings. The maximum absolute atomic E-state index is 13.3. The SMILES string of the molecule is Cc1cc(C)nc(N(C)c2cccc(C(=O)NCC(C(=O)NCCNc3ccc(OC(F)(F)F)cc3)C3CCCCC3)c2)n1. The van der Waals surface area contributed by atoms with Crippen LogP contribution in [0.2, 0.25) is 0 Å². The molecule has 0 spiro atoms. The first kappa shape index (κ1) is 32.6. The van der Waals surface area contributed by atoms with E-state index in [1.165, 1.54) is 24.3 Å². The fourth-order valence-corrected chi connectivity index (χ4v) is 5.44. The van der Waals surface area contributed by atoms with Crippen molar-refractivity contribution >= 4 is 29.1 Å². The van der Waals surface area contributed by atoms with Gasteiger partial charge in [-0.25, -0.2) is 9.97 Å². The summed E-state index contributed by atoms with van der Waals surface area (Å²) in [7, 11) is 1.85. The number of ether oxygens (including phenoxy) is 1. The molecule has 1 saturated carbocycles. The number of nitrogens with zero attached hydrogens (tertiary/aromatic N) is 3. The number of nitrogens with one attached hydrogen (secondary N) is 3. The highest BCUT2D eigenvalue weighted by Crippen LogP contribution is 2.30. The van der Waals surface area contributed by atoms with Crippen LogP contribution in [0.3, 0.4) is 0 Å². The molecule has 4 rings (SSSR count). The molecule has 236 valence electrons. The average Bonchev–Trinajstić information content (AvgIpc) is 2.99. The van der Waals surface area contributed by atoms with Gasteiger partial charge in [0.05, 0.1) is 5.92 Å². The van der Waals surface area contributed by atoms with E-state index >= 15 is 0 Å². The zero-order valence-corrected chi connectivity index (χ0v) is 25.2. The summed E-state index contributed by atoms with van der Waals surface area (Å²) in [5, 5.41) is 9.02. The second kappa shape index (κ2) is 14.9. The first-order valence-electron chi connectivity index (χ1n) is 14.8. The molecule has 9 nitrogen and oxygen atoms in total. The summed E-state index contributed by atoms with van der Waals surface area (Å²) < 4.78 is 41.0. The Bertz CT molecular complexity index is 1390. The molecule has 1 aliphatic rings. The number of aromatic nitrogens is 2. The van der Waals surface area contributed by atoms with E-state index in [1.54, 1.807) is 18.2 Å². The number of hydrogen-bond acceptors (Lipinski definition) is 7. The summed E-state index contributed by atoms with van der Waals surface area (Å²) in [6.07, 6.45) is 0.340. The van der Waals surface area contributed by atoms with E-state index < -0.39 is 6.36 Å². The molecule has 1 aromatic heterocycles. The Kier molecular flexibility index (Phi) is 11.0. The van der Waals surface area contributed by atoms with Gasteiger partial charge in [0.15, 0.2) is 0 Å². The molecule has 0 saturated heterocycles. The number of aryl methyl sites for hydroxylation is 2. The average molecular weight is 613 g/mol. The van der Waals surface area contributed by atoms with Gasteiger partial charge in [0.25, 0.3) is 5.91 Å². The topological polar surface area (TPSA) is 108 Å². The van der Waals surface area contributed by atoms with Gasteiger partial charge in [-0.3, -0.25) is 9.59 Å². The lowest BCUT2D eigenvalue weighted by Crippen LogP contribution is -2.44. The number of carbonyl (C=O) groups is 2. The minimum atomic E-state index is -4.75. The van der Waals surface area contributed by atoms with Gasteiger partial charge in [-0.1, -0.05) is 25.3 Å². The lowest BCUT2D eigenvalue weighted by atomic mass is 9.79. The Morgan fingerprint density at radius 2 is 1.64 bits per heavy atom. The molecule has 1 aliphatic carbocycles. The third-order valence-corrected chi connectivity index (χ3v) is 7.65. The molecule has 0 aliphatic heterocycles. The van der Waals surface area contributed by atoms with Gasteiger partial charge in [0, 0.05) is 55.0 Å². The minimum Gasteiger partial charge on any atom is -0.406 e. The number of anilines is 3. The molecule has 1 unspecified atom stereocenters. The van der Waals surface area contributed by atoms with Crippen LogP contribution < -0.4 is 25.6 Å². The number of alkyl halides is 3. The van der Waals surface area contributed by atoms with Crippen molar-refractivity contribution in [2.75, 3.05) is 36.9 Å². The van der Waals surface area contributed by atoms with Crippen LogP contribution in [0, 0.1) is 25.7 Å². The van der Waals surface area contributed by atoms with E-state index in [4.69, 9.17) is 0 Å². The van der Waals surface area contributed by atoms with Gasteiger partial charge in [-0.15, -0.1) is 13.2 Å². The molecule has 1 atom stereocenters. The Morgan fingerprint density at radius 1 is 0.955 bits per heavy atom. The second-order valence-electron chi connectivity index (χ2n) is 11.1. The summed E-state index contributed by atoms with van der Waals surface area (Å²) in [4.78, 5) is 37.3. The molecule has 0 radical (unpaired) electrons. The fraction of sp³-hybridized carbons (Fsp3) is 0.438. The van der Waals surface area contributed by atoms with Gasteiger partial charge in [-0.2, -0.15) is 0 Å². The predicted molar refractivity (Wildman–Crippen MR) is 163 cm³/mol. The third-order valence-electron chi connectivity index (χ3n) is 7.65. The molecule has 2 amide bonds. The molecule has 0 bridgehead atoms. The number of amides is 2. The van der Waals surface area contributed by atoms with E-state index in [9.17, 15) is 22.8 Å². The number of carbonyl (C=O) groups excluding carboxylic acids is 2. The standard InChI is InChI=1S/C32H39F3N6O3/c1-21-18-22(2)40-31(39-21)41(3)26-11-7-10-24(19-26)29(42)38-20-28(23-8-5-4-6-9-23)30(43)37-17-16-36-25-12-14-27(15-13-25)44-32(33,34)35/h7,10-15,18-19,23,28,36H,4-6,8-9,16-17,20H2,1-3H3,(H,37,43)(H,38,42). The Hall–Kier alpha value is -4.35. The molecular formula is C32H39F3N6O3. The number of rotatable bonds is 12. The molecule has 44 heavy (non-hydrogen) atoms. The van der Waals surface area contributed by atoms with Crippen LogP contribution in [0.15, 0.2) is 54.6 Å². The lowest BCUT2D eigenvalue weighted by Gasteiger charge is -2.29. The maximum atomic E-state index is 13.3. The van der Waals surface area contributed by atoms with Crippen LogP contribution in [0.5, 0.6) is 5.75 Å². The van der Waals surface area contributed by atoms with Crippen LogP contribution in [0.25, 0.3) is 0 Å². The van der Waals surface area contributed by atoms with Crippen LogP contribution in [-0.2, 0) is 4.79 Å². The van der Waals surface area contributed by atoms with Crippen molar-refractivity contribution in [3.63, 3.8) is 0 Å². The van der Waals surface area contributed by atoms with E-state index in [1.807, 2.05) is 37.9 Å². The summed E-state index contributed by atoms with van der Waals surface area (Å²) in [5.74, 6) is -0.382. The third kappa shape index (κ3) is 9.58. The van der Waals surface area contributed by atoms with Crippen LogP contribution in [-0.4, -0.2) is 54.8 Å². The second-order valence-corrected chi connectivity index (χ2v) is 11.1. The predicted octanol–water partition coefficient (Wildman–Crippen LogP) is 5.91. The highest BCUT2D eigenvalue weighted by atomic mass is 19.4. The van der Waals surface area contributed by atoms with Gasteiger partial charge >= 0.3 is 6.36 Å². The molecule has 1 heterocycles. The minimum absolute atomic E-state index is 0.131. The molecule has 1 fully saturated rings. The van der Waals surface area contributed by atoms with Gasteiger partial charge in [0.2, 0.25) is 11.9 Å². The molecular weight excluding hydrogens is 573 g/mol. The van der Waals surface area contributed by atoms with Gasteiger partial charge in [-0.05, 0) is 81.1 Å². The number of benzene rings is 2. The molecule has 3 N–H and O–H groups in total. The Labute approximate surface area is 255 Å². The monoisotopic (exact) mass is 612 g/mol. The largest absolute Gasteiger partial charge is 0.573 e. The summed E-state index contributed by atoms with van der Waals surface area (Å²) >= 11 is 0. The van der Waals surface area contributed by atoms with E-state index in [-0.39, 0.29) is 35.9 Å². The van der Waals surface area contributed by atoms with E-state index in [0.717, 1.165) is 49.2 Å². The van der Waals surface area contributed by atoms with Crippen molar-refractivity contribution in [1.29, 1.82) is 0 Å². The fourth-order valence-electron chi connectivity index (χ4n) is 5.44. The first-order chi connectivity index (χ1) is 21.0. The smallest absolute Gasteiger partial charge is 0.406 e. The highest BCUT2D eigenvalue weighted by Gasteiger charge is 2.31. The van der Waals surface area contributed by atoms with Gasteiger partial charge in [0.1, 0.15) is 5.75 Å². The van der Waals surface area contributed by atoms with Crippen molar-refractivity contribution in [3.05, 3.63) is 71.5 Å². The Morgan fingerprint density at radius 3 is 2.30 bits per heavy atom. The molecule has 2 aromatic carbocycles. The lowest BCUT2D eigenvalue weighted by molar-refractivity contribution is -0.274. The summed E-state index contributed by atoms with van der Waals surface area (Å²) in [6.45, 7) is 4.71. The summed E-state index contributed by atoms with van der Waals surface area (Å²) in [5.41, 5.74) is 3.54. The zero-order valence-electron chi connectivity index (χ0n) is 25.2. The molecule has 12 heteroatoms. The number of halogens is 3. The Balaban J connectivity index is 1.33. The van der Waals surface area contributed by atoms with Crippen LogP contribution in [0.1, 0.15) is 53.8 Å². The van der Waals surface area contributed by atoms with Crippen LogP contribution in [0.4, 0.5) is 30.5 Å². The highest BCUT2D eigenvalue weighted by molar-refractivity contribution is 5.95.